The van der Waals surface area contributed by atoms with Gasteiger partial charge in [0, 0.05) is 32.9 Å². The molecule has 9 aromatic carbocycles. The van der Waals surface area contributed by atoms with E-state index in [4.69, 9.17) is 4.42 Å². The second-order valence-corrected chi connectivity index (χ2v) is 15.3. The largest absolute Gasteiger partial charge is 0.456 e. The van der Waals surface area contributed by atoms with Gasteiger partial charge in [0.1, 0.15) is 11.2 Å². The lowest BCUT2D eigenvalue weighted by Crippen LogP contribution is -2.15. The van der Waals surface area contributed by atoms with Crippen molar-refractivity contribution < 1.29 is 4.42 Å². The van der Waals surface area contributed by atoms with Gasteiger partial charge in [-0.2, -0.15) is 0 Å². The molecule has 10 aromatic rings. The lowest BCUT2D eigenvalue weighted by atomic mass is 9.81. The lowest BCUT2D eigenvalue weighted by Gasteiger charge is -2.28. The van der Waals surface area contributed by atoms with Crippen LogP contribution in [0.25, 0.3) is 76.9 Å². The van der Waals surface area contributed by atoms with Gasteiger partial charge < -0.3 is 9.32 Å². The molecule has 0 amide bonds. The summed E-state index contributed by atoms with van der Waals surface area (Å²) in [5.41, 5.74) is 15.2. The molecule has 0 saturated heterocycles. The summed E-state index contributed by atoms with van der Waals surface area (Å²) in [6, 6.07) is 68.5. The van der Waals surface area contributed by atoms with Crippen LogP contribution in [0.15, 0.2) is 192 Å². The molecule has 2 heteroatoms. The third kappa shape index (κ3) is 4.95. The van der Waals surface area contributed by atoms with Crippen molar-refractivity contribution in [2.75, 3.05) is 4.90 Å². The second-order valence-electron chi connectivity index (χ2n) is 15.3. The Balaban J connectivity index is 1.02. The number of rotatable bonds is 5. The van der Waals surface area contributed by atoms with Gasteiger partial charge >= 0.3 is 0 Å². The van der Waals surface area contributed by atoms with E-state index in [1.54, 1.807) is 0 Å². The number of fused-ring (bicyclic) bond motifs is 9. The summed E-state index contributed by atoms with van der Waals surface area (Å²) in [6.45, 7) is 4.68. The number of hydrogen-bond donors (Lipinski definition) is 0. The van der Waals surface area contributed by atoms with Gasteiger partial charge in [-0.1, -0.05) is 147 Å². The Hall–Kier alpha value is -6.90. The van der Waals surface area contributed by atoms with Crippen LogP contribution in [0.2, 0.25) is 0 Å². The lowest BCUT2D eigenvalue weighted by molar-refractivity contribution is 0.647. The van der Waals surface area contributed by atoms with Crippen molar-refractivity contribution in [1.82, 2.24) is 0 Å². The van der Waals surface area contributed by atoms with E-state index in [9.17, 15) is 0 Å². The average Bonchev–Trinajstić information content (AvgIpc) is 3.71. The Morgan fingerprint density at radius 3 is 1.69 bits per heavy atom. The number of anilines is 3. The van der Waals surface area contributed by atoms with Crippen LogP contribution in [-0.2, 0) is 5.41 Å². The van der Waals surface area contributed by atoms with Gasteiger partial charge in [-0.05, 0) is 115 Å². The van der Waals surface area contributed by atoms with E-state index in [1.807, 2.05) is 6.07 Å². The molecule has 0 atom stereocenters. The Morgan fingerprint density at radius 2 is 0.945 bits per heavy atom. The Morgan fingerprint density at radius 1 is 0.382 bits per heavy atom. The summed E-state index contributed by atoms with van der Waals surface area (Å²) < 4.78 is 6.32. The van der Waals surface area contributed by atoms with E-state index in [0.717, 1.165) is 28.2 Å². The molecule has 2 nitrogen and oxygen atoms in total. The molecule has 0 spiro atoms. The fourth-order valence-electron chi connectivity index (χ4n) is 9.02. The maximum Gasteiger partial charge on any atom is 0.135 e. The van der Waals surface area contributed by atoms with Crippen molar-refractivity contribution in [3.05, 3.63) is 199 Å². The molecular formula is C53H37NO. The molecule has 1 aromatic heterocycles. The highest BCUT2D eigenvalue weighted by Crippen LogP contribution is 2.52. The van der Waals surface area contributed by atoms with Crippen LogP contribution in [0.3, 0.4) is 0 Å². The fraction of sp³-hybridized carbons (Fsp3) is 0.0566. The summed E-state index contributed by atoms with van der Waals surface area (Å²) in [5.74, 6) is 0. The molecule has 11 rings (SSSR count). The van der Waals surface area contributed by atoms with Crippen LogP contribution in [0.1, 0.15) is 25.0 Å². The number of para-hydroxylation sites is 1. The Kier molecular flexibility index (Phi) is 6.93. The molecule has 55 heavy (non-hydrogen) atoms. The van der Waals surface area contributed by atoms with Gasteiger partial charge in [0.15, 0.2) is 0 Å². The van der Waals surface area contributed by atoms with Gasteiger partial charge in [0.25, 0.3) is 0 Å². The van der Waals surface area contributed by atoms with E-state index in [2.05, 4.69) is 201 Å². The molecule has 1 aliphatic rings. The highest BCUT2D eigenvalue weighted by molar-refractivity contribution is 6.14. The van der Waals surface area contributed by atoms with E-state index >= 15 is 0 Å². The molecule has 0 unspecified atom stereocenters. The van der Waals surface area contributed by atoms with Crippen molar-refractivity contribution in [2.45, 2.75) is 19.3 Å². The van der Waals surface area contributed by atoms with Gasteiger partial charge in [0.05, 0.1) is 5.69 Å². The third-order valence-corrected chi connectivity index (χ3v) is 11.9. The first kappa shape index (κ1) is 31.6. The fourth-order valence-corrected chi connectivity index (χ4v) is 9.02. The van der Waals surface area contributed by atoms with E-state index in [1.165, 1.54) is 76.8 Å². The van der Waals surface area contributed by atoms with Crippen LogP contribution < -0.4 is 4.90 Å². The topological polar surface area (TPSA) is 16.4 Å². The van der Waals surface area contributed by atoms with Crippen molar-refractivity contribution in [1.29, 1.82) is 0 Å². The first-order valence-electron chi connectivity index (χ1n) is 19.1. The predicted molar refractivity (Wildman–Crippen MR) is 232 cm³/mol. The standard InChI is InChI=1S/C53H37NO/c1-53(2)48-30-37(24-29-43(48)46-32-47-45-18-10-11-19-51(45)55-52(47)33-49(46)53)36-22-27-40(28-23-36)54(39-25-20-35(21-26-39)34-12-4-3-5-13-34)50-31-38-14-6-7-15-41(38)42-16-8-9-17-44(42)50/h3-33H,1-2H3. The maximum absolute atomic E-state index is 6.32. The molecule has 1 aliphatic carbocycles. The van der Waals surface area contributed by atoms with Gasteiger partial charge in [-0.3, -0.25) is 0 Å². The first-order valence-corrected chi connectivity index (χ1v) is 19.1. The van der Waals surface area contributed by atoms with Gasteiger partial charge in [0.2, 0.25) is 0 Å². The van der Waals surface area contributed by atoms with Crippen molar-refractivity contribution in [2.24, 2.45) is 0 Å². The molecule has 0 fully saturated rings. The van der Waals surface area contributed by atoms with Crippen molar-refractivity contribution in [3.8, 4) is 33.4 Å². The van der Waals surface area contributed by atoms with Gasteiger partial charge in [-0.25, -0.2) is 0 Å². The monoisotopic (exact) mass is 703 g/mol. The average molecular weight is 704 g/mol. The quantitative estimate of drug-likeness (QED) is 0.166. The molecule has 0 radical (unpaired) electrons. The molecule has 1 heterocycles. The smallest absolute Gasteiger partial charge is 0.135 e. The normalized spacial score (nSPS) is 13.1. The number of benzene rings is 9. The van der Waals surface area contributed by atoms with Crippen molar-refractivity contribution >= 4 is 60.5 Å². The zero-order valence-corrected chi connectivity index (χ0v) is 30.8. The Bertz CT molecular complexity index is 3100. The van der Waals surface area contributed by atoms with E-state index in [0.29, 0.717) is 0 Å². The zero-order valence-electron chi connectivity index (χ0n) is 30.8. The number of furan rings is 1. The summed E-state index contributed by atoms with van der Waals surface area (Å²) >= 11 is 0. The van der Waals surface area contributed by atoms with E-state index in [-0.39, 0.29) is 5.41 Å². The first-order chi connectivity index (χ1) is 27.0. The minimum atomic E-state index is -0.159. The zero-order chi connectivity index (χ0) is 36.7. The third-order valence-electron chi connectivity index (χ3n) is 11.9. The predicted octanol–water partition coefficient (Wildman–Crippen LogP) is 15.0. The molecule has 0 saturated carbocycles. The summed E-state index contributed by atoms with van der Waals surface area (Å²) in [7, 11) is 0. The Labute approximate surface area is 320 Å². The maximum atomic E-state index is 6.32. The second kappa shape index (κ2) is 12.1. The van der Waals surface area contributed by atoms with Gasteiger partial charge in [-0.15, -0.1) is 0 Å². The van der Waals surface area contributed by atoms with Crippen LogP contribution in [0, 0.1) is 0 Å². The van der Waals surface area contributed by atoms with Crippen LogP contribution in [-0.4, -0.2) is 0 Å². The SMILES string of the molecule is CC1(C)c2cc(-c3ccc(N(c4ccc(-c5ccccc5)cc4)c4cc5ccccc5c5ccccc45)cc3)ccc2-c2cc3c(cc21)oc1ccccc13. The van der Waals surface area contributed by atoms with E-state index < -0.39 is 0 Å². The molecule has 0 N–H and O–H groups in total. The minimum absolute atomic E-state index is 0.159. The minimum Gasteiger partial charge on any atom is -0.456 e. The van der Waals surface area contributed by atoms with Crippen molar-refractivity contribution in [3.63, 3.8) is 0 Å². The molecule has 0 bridgehead atoms. The highest BCUT2D eigenvalue weighted by atomic mass is 16.3. The summed E-state index contributed by atoms with van der Waals surface area (Å²) in [6.07, 6.45) is 0. The van der Waals surface area contributed by atoms with Crippen LogP contribution >= 0.6 is 0 Å². The highest BCUT2D eigenvalue weighted by Gasteiger charge is 2.36. The van der Waals surface area contributed by atoms with Crippen LogP contribution in [0.5, 0.6) is 0 Å². The number of nitrogens with zero attached hydrogens (tertiary/aromatic N) is 1. The molecular weight excluding hydrogens is 667 g/mol. The molecule has 0 aliphatic heterocycles. The summed E-state index contributed by atoms with van der Waals surface area (Å²) in [5, 5.41) is 7.30. The number of hydrogen-bond acceptors (Lipinski definition) is 2. The van der Waals surface area contributed by atoms with Crippen LogP contribution in [0.4, 0.5) is 17.1 Å². The summed E-state index contributed by atoms with van der Waals surface area (Å²) in [4.78, 5) is 2.41. The molecule has 260 valence electrons.